The van der Waals surface area contributed by atoms with Gasteiger partial charge in [-0.25, -0.2) is 9.59 Å². The maximum Gasteiger partial charge on any atom is 0.344 e. The van der Waals surface area contributed by atoms with Crippen LogP contribution in [0.1, 0.15) is 54.1 Å². The standard InChI is InChI=1S/C24H25N3O5/c1-14-9-11-24(12-10-14)22(30)27(23(31)25-24)26-19(28)13-32-21(29)18-8-7-16-6-5-15-3-2-4-17(18)20(15)16/h2-4,7-8,14H,5-6,9-13H2,1H3,(H,25,31)(H,26,28). The summed E-state index contributed by atoms with van der Waals surface area (Å²) in [5.74, 6) is -1.32. The zero-order valence-corrected chi connectivity index (χ0v) is 17.9. The Morgan fingerprint density at radius 1 is 1.12 bits per heavy atom. The average molecular weight is 435 g/mol. The number of carbonyl (C=O) groups excluding carboxylic acids is 4. The quantitative estimate of drug-likeness (QED) is 0.567. The molecule has 0 aromatic heterocycles. The fourth-order valence-electron chi connectivity index (χ4n) is 5.11. The van der Waals surface area contributed by atoms with Crippen molar-refractivity contribution in [3.8, 4) is 0 Å². The predicted molar refractivity (Wildman–Crippen MR) is 116 cm³/mol. The molecule has 0 bridgehead atoms. The maximum absolute atomic E-state index is 12.8. The molecular weight excluding hydrogens is 410 g/mol. The number of ether oxygens (including phenoxy) is 1. The molecule has 1 spiro atoms. The minimum atomic E-state index is -0.946. The number of aryl methyl sites for hydroxylation is 2. The highest BCUT2D eigenvalue weighted by Gasteiger charge is 2.52. The van der Waals surface area contributed by atoms with Crippen LogP contribution in [0, 0.1) is 5.92 Å². The van der Waals surface area contributed by atoms with Crippen molar-refractivity contribution in [2.75, 3.05) is 6.61 Å². The van der Waals surface area contributed by atoms with Gasteiger partial charge in [-0.2, -0.15) is 5.01 Å². The van der Waals surface area contributed by atoms with E-state index in [4.69, 9.17) is 4.74 Å². The number of urea groups is 1. The van der Waals surface area contributed by atoms with E-state index in [-0.39, 0.29) is 0 Å². The number of hydrogen-bond acceptors (Lipinski definition) is 5. The summed E-state index contributed by atoms with van der Waals surface area (Å²) in [7, 11) is 0. The van der Waals surface area contributed by atoms with Crippen molar-refractivity contribution in [3.05, 3.63) is 47.0 Å². The summed E-state index contributed by atoms with van der Waals surface area (Å²) >= 11 is 0. The van der Waals surface area contributed by atoms with Crippen LogP contribution < -0.4 is 10.7 Å². The fourth-order valence-corrected chi connectivity index (χ4v) is 5.11. The van der Waals surface area contributed by atoms with Crippen LogP contribution in [0.4, 0.5) is 4.79 Å². The molecule has 0 unspecified atom stereocenters. The Kier molecular flexibility index (Phi) is 4.87. The van der Waals surface area contributed by atoms with Gasteiger partial charge in [-0.15, -0.1) is 0 Å². The van der Waals surface area contributed by atoms with Crippen molar-refractivity contribution in [2.45, 2.75) is 51.0 Å². The number of hydrogen-bond donors (Lipinski definition) is 2. The second kappa shape index (κ2) is 7.62. The van der Waals surface area contributed by atoms with Crippen molar-refractivity contribution in [1.29, 1.82) is 0 Å². The number of benzene rings is 2. The van der Waals surface area contributed by atoms with E-state index in [1.165, 1.54) is 11.1 Å². The fraction of sp³-hybridized carbons (Fsp3) is 0.417. The highest BCUT2D eigenvalue weighted by Crippen LogP contribution is 2.36. The van der Waals surface area contributed by atoms with Gasteiger partial charge in [-0.3, -0.25) is 15.0 Å². The smallest absolute Gasteiger partial charge is 0.344 e. The summed E-state index contributed by atoms with van der Waals surface area (Å²) in [5, 5.41) is 5.34. The summed E-state index contributed by atoms with van der Waals surface area (Å²) in [4.78, 5) is 50.2. The van der Waals surface area contributed by atoms with Crippen molar-refractivity contribution in [1.82, 2.24) is 15.8 Å². The van der Waals surface area contributed by atoms with Crippen molar-refractivity contribution in [2.24, 2.45) is 5.92 Å². The minimum absolute atomic E-state index is 0.394. The van der Waals surface area contributed by atoms with Crippen LogP contribution in [0.2, 0.25) is 0 Å². The zero-order valence-electron chi connectivity index (χ0n) is 17.9. The third-order valence-corrected chi connectivity index (χ3v) is 6.96. The third-order valence-electron chi connectivity index (χ3n) is 6.96. The van der Waals surface area contributed by atoms with Crippen LogP contribution in [-0.2, 0) is 27.2 Å². The highest BCUT2D eigenvalue weighted by molar-refractivity contribution is 6.09. The molecule has 1 saturated heterocycles. The molecule has 4 amide bonds. The molecule has 8 heteroatoms. The molecule has 5 rings (SSSR count). The van der Waals surface area contributed by atoms with Gasteiger partial charge in [0.05, 0.1) is 5.56 Å². The van der Waals surface area contributed by atoms with Gasteiger partial charge in [-0.1, -0.05) is 31.2 Å². The Bertz CT molecular complexity index is 1140. The minimum Gasteiger partial charge on any atom is -0.452 e. The first kappa shape index (κ1) is 20.5. The normalized spacial score (nSPS) is 24.2. The summed E-state index contributed by atoms with van der Waals surface area (Å²) in [6.07, 6.45) is 4.65. The van der Waals surface area contributed by atoms with E-state index in [9.17, 15) is 19.2 Å². The molecule has 8 nitrogen and oxygen atoms in total. The lowest BCUT2D eigenvalue weighted by atomic mass is 9.77. The Balaban J connectivity index is 1.23. The second-order valence-electron chi connectivity index (χ2n) is 9.06. The molecule has 2 N–H and O–H groups in total. The number of nitrogens with one attached hydrogen (secondary N) is 2. The largest absolute Gasteiger partial charge is 0.452 e. The zero-order chi connectivity index (χ0) is 22.5. The molecule has 166 valence electrons. The van der Waals surface area contributed by atoms with Crippen LogP contribution in [0.15, 0.2) is 30.3 Å². The van der Waals surface area contributed by atoms with Crippen molar-refractivity contribution >= 4 is 34.6 Å². The number of carbonyl (C=O) groups is 4. The van der Waals surface area contributed by atoms with Crippen molar-refractivity contribution in [3.63, 3.8) is 0 Å². The van der Waals surface area contributed by atoms with Gasteiger partial charge in [0.15, 0.2) is 6.61 Å². The first-order chi connectivity index (χ1) is 15.4. The van der Waals surface area contributed by atoms with E-state index in [1.807, 2.05) is 18.2 Å². The monoisotopic (exact) mass is 435 g/mol. The molecule has 3 aliphatic rings. The lowest BCUT2D eigenvalue weighted by Crippen LogP contribution is -2.52. The SMILES string of the molecule is CC1CCC2(CC1)NC(=O)N(NC(=O)COC(=O)c1ccc3c4c(cccc14)CC3)C2=O. The number of esters is 1. The van der Waals surface area contributed by atoms with E-state index >= 15 is 0 Å². The molecule has 2 fully saturated rings. The number of amides is 4. The van der Waals surface area contributed by atoms with Crippen molar-refractivity contribution < 1.29 is 23.9 Å². The van der Waals surface area contributed by atoms with Gasteiger partial charge in [0.2, 0.25) is 0 Å². The van der Waals surface area contributed by atoms with Crippen LogP contribution in [-0.4, -0.2) is 41.0 Å². The van der Waals surface area contributed by atoms with Gasteiger partial charge >= 0.3 is 12.0 Å². The molecule has 0 atom stereocenters. The predicted octanol–water partition coefficient (Wildman–Crippen LogP) is 2.63. The molecule has 2 aromatic carbocycles. The van der Waals surface area contributed by atoms with Gasteiger partial charge in [0, 0.05) is 0 Å². The summed E-state index contributed by atoms with van der Waals surface area (Å²) in [6.45, 7) is 1.52. The Hall–Kier alpha value is -3.42. The molecule has 1 aliphatic heterocycles. The van der Waals surface area contributed by atoms with Gasteiger partial charge < -0.3 is 10.1 Å². The Morgan fingerprint density at radius 2 is 1.84 bits per heavy atom. The summed E-state index contributed by atoms with van der Waals surface area (Å²) in [6, 6.07) is 8.83. The number of hydrazine groups is 1. The number of nitrogens with zero attached hydrogens (tertiary/aromatic N) is 1. The molecule has 2 aliphatic carbocycles. The first-order valence-corrected chi connectivity index (χ1v) is 11.0. The van der Waals surface area contributed by atoms with Gasteiger partial charge in [-0.05, 0) is 72.4 Å². The van der Waals surface area contributed by atoms with Crippen LogP contribution in [0.5, 0.6) is 0 Å². The Labute approximate surface area is 185 Å². The lowest BCUT2D eigenvalue weighted by Gasteiger charge is -2.33. The van der Waals surface area contributed by atoms with E-state index < -0.39 is 36.0 Å². The molecule has 1 heterocycles. The summed E-state index contributed by atoms with van der Waals surface area (Å²) in [5.41, 5.74) is 4.14. The van der Waals surface area contributed by atoms with Gasteiger partial charge in [0.25, 0.3) is 11.8 Å². The van der Waals surface area contributed by atoms with Crippen LogP contribution >= 0.6 is 0 Å². The van der Waals surface area contributed by atoms with Crippen LogP contribution in [0.3, 0.4) is 0 Å². The molecule has 0 radical (unpaired) electrons. The summed E-state index contributed by atoms with van der Waals surface area (Å²) < 4.78 is 5.21. The second-order valence-corrected chi connectivity index (χ2v) is 9.06. The number of rotatable bonds is 4. The highest BCUT2D eigenvalue weighted by atomic mass is 16.5. The molecule has 1 saturated carbocycles. The molecule has 2 aromatic rings. The van der Waals surface area contributed by atoms with E-state index in [1.54, 1.807) is 6.07 Å². The van der Waals surface area contributed by atoms with E-state index in [2.05, 4.69) is 23.7 Å². The molecule has 32 heavy (non-hydrogen) atoms. The lowest BCUT2D eigenvalue weighted by molar-refractivity contribution is -0.141. The Morgan fingerprint density at radius 3 is 2.59 bits per heavy atom. The molecular formula is C24H25N3O5. The number of imide groups is 1. The van der Waals surface area contributed by atoms with Gasteiger partial charge in [0.1, 0.15) is 5.54 Å². The van der Waals surface area contributed by atoms with E-state index in [0.29, 0.717) is 29.3 Å². The topological polar surface area (TPSA) is 105 Å². The maximum atomic E-state index is 12.8. The van der Waals surface area contributed by atoms with E-state index in [0.717, 1.165) is 36.5 Å². The first-order valence-electron chi connectivity index (χ1n) is 11.0. The third kappa shape index (κ3) is 3.30. The van der Waals surface area contributed by atoms with Crippen LogP contribution in [0.25, 0.3) is 10.8 Å². The average Bonchev–Trinajstić information content (AvgIpc) is 3.31.